The van der Waals surface area contributed by atoms with Gasteiger partial charge >= 0.3 is 0 Å². The van der Waals surface area contributed by atoms with E-state index < -0.39 is 5.91 Å². The second-order valence-electron chi connectivity index (χ2n) is 6.90. The molecule has 6 heteroatoms. The molecular weight excluding hydrogens is 416 g/mol. The standard InChI is InChI=1S/C26H26N4OS/c1-3-30(4-2)22-16-14-21(15-17-22)28-19-20(18-27)26(31)29-24-12-8-9-13-25(24)32-23-10-6-5-7-11-23/h5-17,19,28H,3-4H2,1-2H3,(H,29,31)/b20-19-. The van der Waals surface area contributed by atoms with Gasteiger partial charge in [-0.3, -0.25) is 4.79 Å². The van der Waals surface area contributed by atoms with Gasteiger partial charge in [-0.1, -0.05) is 42.1 Å². The van der Waals surface area contributed by atoms with E-state index in [0.717, 1.165) is 34.3 Å². The van der Waals surface area contributed by atoms with E-state index in [4.69, 9.17) is 0 Å². The molecule has 0 unspecified atom stereocenters. The van der Waals surface area contributed by atoms with Crippen molar-refractivity contribution in [2.75, 3.05) is 28.6 Å². The fraction of sp³-hybridized carbons (Fsp3) is 0.154. The highest BCUT2D eigenvalue weighted by Crippen LogP contribution is 2.33. The van der Waals surface area contributed by atoms with E-state index >= 15 is 0 Å². The molecule has 0 radical (unpaired) electrons. The van der Waals surface area contributed by atoms with Crippen LogP contribution in [0.4, 0.5) is 17.1 Å². The number of rotatable bonds is 9. The fourth-order valence-corrected chi connectivity index (χ4v) is 4.05. The number of benzene rings is 3. The third-order valence-corrected chi connectivity index (χ3v) is 5.93. The summed E-state index contributed by atoms with van der Waals surface area (Å²) in [6, 6.07) is 27.4. The third kappa shape index (κ3) is 6.16. The van der Waals surface area contributed by atoms with Gasteiger partial charge in [0.2, 0.25) is 0 Å². The molecule has 0 fully saturated rings. The summed E-state index contributed by atoms with van der Waals surface area (Å²) in [5.41, 5.74) is 2.60. The molecule has 0 bridgehead atoms. The highest BCUT2D eigenvalue weighted by Gasteiger charge is 2.12. The number of carbonyl (C=O) groups excluding carboxylic acids is 1. The van der Waals surface area contributed by atoms with Crippen molar-refractivity contribution in [3.63, 3.8) is 0 Å². The first-order valence-electron chi connectivity index (χ1n) is 10.5. The van der Waals surface area contributed by atoms with Crippen molar-refractivity contribution in [1.82, 2.24) is 0 Å². The van der Waals surface area contributed by atoms with Gasteiger partial charge < -0.3 is 15.5 Å². The molecule has 0 aliphatic carbocycles. The van der Waals surface area contributed by atoms with Crippen LogP contribution in [-0.2, 0) is 4.79 Å². The number of amides is 1. The van der Waals surface area contributed by atoms with Gasteiger partial charge in [-0.2, -0.15) is 5.26 Å². The first kappa shape index (κ1) is 23.0. The van der Waals surface area contributed by atoms with Gasteiger partial charge in [0, 0.05) is 40.5 Å². The Morgan fingerprint density at radius 1 is 0.969 bits per heavy atom. The van der Waals surface area contributed by atoms with Gasteiger partial charge in [-0.15, -0.1) is 0 Å². The second kappa shape index (κ2) is 11.6. The van der Waals surface area contributed by atoms with E-state index in [1.807, 2.05) is 84.9 Å². The number of nitrogens with one attached hydrogen (secondary N) is 2. The molecule has 0 aromatic heterocycles. The maximum atomic E-state index is 12.7. The summed E-state index contributed by atoms with van der Waals surface area (Å²) in [5.74, 6) is -0.458. The maximum Gasteiger partial charge on any atom is 0.267 e. The van der Waals surface area contributed by atoms with Crippen molar-refractivity contribution in [2.45, 2.75) is 23.6 Å². The predicted octanol–water partition coefficient (Wildman–Crippen LogP) is 6.14. The average Bonchev–Trinajstić information content (AvgIpc) is 2.83. The summed E-state index contributed by atoms with van der Waals surface area (Å²) in [5, 5.41) is 15.4. The Morgan fingerprint density at radius 3 is 2.28 bits per heavy atom. The molecule has 3 rings (SSSR count). The molecule has 0 heterocycles. The normalized spacial score (nSPS) is 10.8. The highest BCUT2D eigenvalue weighted by atomic mass is 32.2. The zero-order chi connectivity index (χ0) is 22.8. The SMILES string of the molecule is CCN(CC)c1ccc(N/C=C(/C#N)C(=O)Nc2ccccc2Sc2ccccc2)cc1. The maximum absolute atomic E-state index is 12.7. The van der Waals surface area contributed by atoms with Crippen LogP contribution < -0.4 is 15.5 Å². The second-order valence-corrected chi connectivity index (χ2v) is 8.01. The number of hydrogen-bond acceptors (Lipinski definition) is 5. The zero-order valence-corrected chi connectivity index (χ0v) is 19.0. The van der Waals surface area contributed by atoms with Gasteiger partial charge in [0.05, 0.1) is 5.69 Å². The van der Waals surface area contributed by atoms with E-state index in [1.54, 1.807) is 11.8 Å². The Labute approximate surface area is 193 Å². The van der Waals surface area contributed by atoms with Gasteiger partial charge in [0.1, 0.15) is 11.6 Å². The topological polar surface area (TPSA) is 68.2 Å². The van der Waals surface area contributed by atoms with Crippen molar-refractivity contribution in [2.24, 2.45) is 0 Å². The van der Waals surface area contributed by atoms with Crippen LogP contribution in [0.2, 0.25) is 0 Å². The Morgan fingerprint density at radius 2 is 1.62 bits per heavy atom. The lowest BCUT2D eigenvalue weighted by molar-refractivity contribution is -0.112. The summed E-state index contributed by atoms with van der Waals surface area (Å²) in [4.78, 5) is 17.0. The number of nitriles is 1. The van der Waals surface area contributed by atoms with Crippen molar-refractivity contribution in [1.29, 1.82) is 5.26 Å². The number of anilines is 3. The molecule has 3 aromatic rings. The van der Waals surface area contributed by atoms with Crippen molar-refractivity contribution in [3.8, 4) is 6.07 Å². The molecule has 1 amide bonds. The first-order chi connectivity index (χ1) is 15.6. The van der Waals surface area contributed by atoms with E-state index in [1.165, 1.54) is 6.20 Å². The Hall–Kier alpha value is -3.69. The molecule has 2 N–H and O–H groups in total. The van der Waals surface area contributed by atoms with Gasteiger partial charge in [0.25, 0.3) is 5.91 Å². The quantitative estimate of drug-likeness (QED) is 0.308. The van der Waals surface area contributed by atoms with Crippen LogP contribution in [0.1, 0.15) is 13.8 Å². The average molecular weight is 443 g/mol. The Bertz CT molecular complexity index is 1100. The lowest BCUT2D eigenvalue weighted by Crippen LogP contribution is -2.21. The van der Waals surface area contributed by atoms with Crippen LogP contribution in [0.3, 0.4) is 0 Å². The van der Waals surface area contributed by atoms with E-state index in [0.29, 0.717) is 5.69 Å². The molecule has 0 saturated heterocycles. The molecule has 5 nitrogen and oxygen atoms in total. The number of para-hydroxylation sites is 1. The van der Waals surface area contributed by atoms with Gasteiger partial charge in [0.15, 0.2) is 0 Å². The monoisotopic (exact) mass is 442 g/mol. The Balaban J connectivity index is 1.69. The van der Waals surface area contributed by atoms with Crippen LogP contribution >= 0.6 is 11.8 Å². The van der Waals surface area contributed by atoms with Gasteiger partial charge in [-0.25, -0.2) is 0 Å². The summed E-state index contributed by atoms with van der Waals surface area (Å²) < 4.78 is 0. The lowest BCUT2D eigenvalue weighted by Gasteiger charge is -2.21. The summed E-state index contributed by atoms with van der Waals surface area (Å²) in [6.45, 7) is 6.11. The van der Waals surface area contributed by atoms with Gasteiger partial charge in [-0.05, 0) is 62.4 Å². The minimum atomic E-state index is -0.458. The molecule has 32 heavy (non-hydrogen) atoms. The third-order valence-electron chi connectivity index (χ3n) is 4.85. The van der Waals surface area contributed by atoms with E-state index in [9.17, 15) is 10.1 Å². The van der Waals surface area contributed by atoms with Crippen LogP contribution in [-0.4, -0.2) is 19.0 Å². The zero-order valence-electron chi connectivity index (χ0n) is 18.2. The number of hydrogen-bond donors (Lipinski definition) is 2. The molecular formula is C26H26N4OS. The van der Waals surface area contributed by atoms with E-state index in [-0.39, 0.29) is 5.57 Å². The van der Waals surface area contributed by atoms with Crippen molar-refractivity contribution >= 4 is 34.7 Å². The molecule has 162 valence electrons. The predicted molar refractivity (Wildman–Crippen MR) is 133 cm³/mol. The van der Waals surface area contributed by atoms with Crippen molar-refractivity contribution < 1.29 is 4.79 Å². The van der Waals surface area contributed by atoms with E-state index in [2.05, 4.69) is 29.4 Å². The molecule has 3 aromatic carbocycles. The molecule has 0 spiro atoms. The largest absolute Gasteiger partial charge is 0.372 e. The fourth-order valence-electron chi connectivity index (χ4n) is 3.13. The number of nitrogens with zero attached hydrogens (tertiary/aromatic N) is 2. The van der Waals surface area contributed by atoms with Crippen molar-refractivity contribution in [3.05, 3.63) is 90.6 Å². The highest BCUT2D eigenvalue weighted by molar-refractivity contribution is 7.99. The molecule has 0 saturated carbocycles. The molecule has 0 aliphatic heterocycles. The molecule has 0 aliphatic rings. The Kier molecular flexibility index (Phi) is 8.36. The van der Waals surface area contributed by atoms with Crippen LogP contribution in [0.25, 0.3) is 0 Å². The smallest absolute Gasteiger partial charge is 0.267 e. The van der Waals surface area contributed by atoms with Crippen LogP contribution in [0.15, 0.2) is 100 Å². The minimum Gasteiger partial charge on any atom is -0.372 e. The van der Waals surface area contributed by atoms with Crippen LogP contribution in [0, 0.1) is 11.3 Å². The minimum absolute atomic E-state index is 0.00247. The molecule has 0 atom stereocenters. The first-order valence-corrected chi connectivity index (χ1v) is 11.3. The summed E-state index contributed by atoms with van der Waals surface area (Å²) in [6.07, 6.45) is 1.44. The lowest BCUT2D eigenvalue weighted by atomic mass is 10.2. The summed E-state index contributed by atoms with van der Waals surface area (Å²) >= 11 is 1.56. The summed E-state index contributed by atoms with van der Waals surface area (Å²) in [7, 11) is 0. The van der Waals surface area contributed by atoms with Crippen LogP contribution in [0.5, 0.6) is 0 Å². The number of carbonyl (C=O) groups is 1.